The number of halogens is 20. The van der Waals surface area contributed by atoms with Gasteiger partial charge in [0.15, 0.2) is 116 Å². The Kier molecular flexibility index (Phi) is 10.3. The fourth-order valence-corrected chi connectivity index (χ4v) is 7.62. The molecule has 0 heterocycles. The first-order valence-electron chi connectivity index (χ1n) is 16.7. The number of rotatable bonds is 6. The second-order valence-electron chi connectivity index (χ2n) is 14.0. The van der Waals surface area contributed by atoms with Gasteiger partial charge in [-0.05, 0) is 22.3 Å². The highest BCUT2D eigenvalue weighted by Crippen LogP contribution is 2.48. The molecule has 0 N–H and O–H groups in total. The molecule has 6 aromatic carbocycles. The molecule has 1 aliphatic rings. The molecule has 0 unspecified atom stereocenters. The molecule has 0 aromatic heterocycles. The van der Waals surface area contributed by atoms with Crippen LogP contribution in [0.3, 0.4) is 0 Å². The molecule has 7 rings (SSSR count). The molecule has 22 heteroatoms. The molecule has 6 aromatic rings. The zero-order chi connectivity index (χ0) is 45.2. The molecule has 0 amide bonds. The van der Waals surface area contributed by atoms with Gasteiger partial charge in [0.25, 0.3) is 13.4 Å². The summed E-state index contributed by atoms with van der Waals surface area (Å²) < 4.78 is 297. The van der Waals surface area contributed by atoms with Crippen molar-refractivity contribution in [1.29, 1.82) is 0 Å². The van der Waals surface area contributed by atoms with Crippen LogP contribution in [0, 0.1) is 116 Å². The summed E-state index contributed by atoms with van der Waals surface area (Å²) in [5, 5.41) is 0. The Morgan fingerprint density at radius 2 is 0.459 bits per heavy atom. The molecule has 0 nitrogen and oxygen atoms in total. The van der Waals surface area contributed by atoms with Gasteiger partial charge in [-0.3, -0.25) is 0 Å². The standard InChI is InChI=1S/C39H12B2F20/c1-39(2)13-5-3-9(40(15-19(42)27(50)35(58)28(51)20(15)43)16-21(44)29(52)36(59)30(53)22(16)45)7-11(13)12-8-10(4-6-14(12)39)41(17-23(46)31(54)37(60)32(55)24(17)47)18-25(48)33(56)38(61)34(57)26(18)49/h3-8H,1-2H3. The first kappa shape index (κ1) is 43.1. The third kappa shape index (κ3) is 6.01. The lowest BCUT2D eigenvalue weighted by Crippen LogP contribution is -2.58. The van der Waals surface area contributed by atoms with Crippen molar-refractivity contribution >= 4 is 46.2 Å². The van der Waals surface area contributed by atoms with E-state index < -0.39 is 179 Å². The van der Waals surface area contributed by atoms with Crippen LogP contribution in [0.25, 0.3) is 11.1 Å². The van der Waals surface area contributed by atoms with E-state index in [2.05, 4.69) is 0 Å². The van der Waals surface area contributed by atoms with Crippen molar-refractivity contribution in [2.45, 2.75) is 19.3 Å². The predicted molar refractivity (Wildman–Crippen MR) is 178 cm³/mol. The Bertz CT molecular complexity index is 2480. The van der Waals surface area contributed by atoms with Crippen LogP contribution in [0.1, 0.15) is 25.0 Å². The van der Waals surface area contributed by atoms with Crippen molar-refractivity contribution in [2.75, 3.05) is 0 Å². The van der Waals surface area contributed by atoms with E-state index in [0.29, 0.717) is 24.3 Å². The highest BCUT2D eigenvalue weighted by Gasteiger charge is 2.45. The van der Waals surface area contributed by atoms with Crippen LogP contribution in [-0.4, -0.2) is 13.4 Å². The highest BCUT2D eigenvalue weighted by atomic mass is 19.2. The van der Waals surface area contributed by atoms with Crippen LogP contribution in [-0.2, 0) is 5.41 Å². The zero-order valence-corrected chi connectivity index (χ0v) is 29.7. The fourth-order valence-electron chi connectivity index (χ4n) is 7.62. The average Bonchev–Trinajstić information content (AvgIpc) is 3.46. The van der Waals surface area contributed by atoms with Crippen LogP contribution in [0.15, 0.2) is 36.4 Å². The Balaban J connectivity index is 1.58. The molecular formula is C39H12B2F20. The van der Waals surface area contributed by atoms with Crippen molar-refractivity contribution in [3.05, 3.63) is 164 Å². The van der Waals surface area contributed by atoms with E-state index in [9.17, 15) is 52.7 Å². The van der Waals surface area contributed by atoms with Crippen LogP contribution < -0.4 is 32.8 Å². The molecule has 0 radical (unpaired) electrons. The number of hydrogen-bond acceptors (Lipinski definition) is 0. The number of hydrogen-bond donors (Lipinski definition) is 0. The van der Waals surface area contributed by atoms with Crippen molar-refractivity contribution in [2.24, 2.45) is 0 Å². The summed E-state index contributed by atoms with van der Waals surface area (Å²) in [5.41, 5.74) is -12.8. The maximum Gasteiger partial charge on any atom is 0.257 e. The van der Waals surface area contributed by atoms with E-state index in [1.807, 2.05) is 0 Å². The first-order chi connectivity index (χ1) is 28.4. The Morgan fingerprint density at radius 1 is 0.279 bits per heavy atom. The van der Waals surface area contributed by atoms with Crippen LogP contribution in [0.2, 0.25) is 0 Å². The SMILES string of the molecule is CC1(C)c2ccc(B(c3c(F)c(F)c(F)c(F)c3F)c3c(F)c(F)c(F)c(F)c3F)cc2-c2cc(B(c3c(F)c(F)c(F)c(F)c3F)c3c(F)c(F)c(F)c(F)c3F)ccc21. The normalized spacial score (nSPS) is 12.9. The smallest absolute Gasteiger partial charge is 0.204 e. The summed E-state index contributed by atoms with van der Waals surface area (Å²) in [7, 11) is 0. The molecule has 0 saturated carbocycles. The van der Waals surface area contributed by atoms with Crippen LogP contribution >= 0.6 is 0 Å². The lowest BCUT2D eigenvalue weighted by molar-refractivity contribution is 0.382. The average molecular weight is 882 g/mol. The monoisotopic (exact) mass is 882 g/mol. The van der Waals surface area contributed by atoms with E-state index in [-0.39, 0.29) is 11.1 Å². The van der Waals surface area contributed by atoms with Crippen LogP contribution in [0.4, 0.5) is 87.8 Å². The summed E-state index contributed by atoms with van der Waals surface area (Å²) in [5.74, 6) is -55.5. The largest absolute Gasteiger partial charge is 0.257 e. The summed E-state index contributed by atoms with van der Waals surface area (Å²) in [6, 6.07) is 4.61. The van der Waals surface area contributed by atoms with Gasteiger partial charge in [0.1, 0.15) is 0 Å². The van der Waals surface area contributed by atoms with Crippen molar-refractivity contribution in [3.63, 3.8) is 0 Å². The predicted octanol–water partition coefficient (Wildman–Crippen LogP) is 7.81. The molecule has 0 bridgehead atoms. The quantitative estimate of drug-likeness (QED) is 0.0694. The summed E-state index contributed by atoms with van der Waals surface area (Å²) in [6.07, 6.45) is 0. The van der Waals surface area contributed by atoms with Gasteiger partial charge in [-0.2, -0.15) is 0 Å². The zero-order valence-electron chi connectivity index (χ0n) is 29.7. The molecule has 0 saturated heterocycles. The molecule has 0 spiro atoms. The minimum Gasteiger partial charge on any atom is -0.204 e. The Morgan fingerprint density at radius 3 is 0.656 bits per heavy atom. The van der Waals surface area contributed by atoms with Gasteiger partial charge in [-0.15, -0.1) is 0 Å². The second-order valence-corrected chi connectivity index (χ2v) is 14.0. The molecule has 61 heavy (non-hydrogen) atoms. The molecule has 314 valence electrons. The van der Waals surface area contributed by atoms with Gasteiger partial charge in [-0.25, -0.2) is 87.8 Å². The molecule has 0 fully saturated rings. The lowest BCUT2D eigenvalue weighted by Gasteiger charge is -2.23. The van der Waals surface area contributed by atoms with Gasteiger partial charge in [-0.1, -0.05) is 61.2 Å². The minimum absolute atomic E-state index is 0.000914. The summed E-state index contributed by atoms with van der Waals surface area (Å²) in [6.45, 7) is -3.45. The maximum absolute atomic E-state index is 15.5. The van der Waals surface area contributed by atoms with E-state index in [1.165, 1.54) is 13.8 Å². The number of fused-ring (bicyclic) bond motifs is 3. The van der Waals surface area contributed by atoms with Gasteiger partial charge < -0.3 is 0 Å². The second kappa shape index (κ2) is 14.6. The van der Waals surface area contributed by atoms with Crippen molar-refractivity contribution in [1.82, 2.24) is 0 Å². The third-order valence-corrected chi connectivity index (χ3v) is 10.5. The van der Waals surface area contributed by atoms with E-state index in [0.717, 1.165) is 12.1 Å². The summed E-state index contributed by atoms with van der Waals surface area (Å²) in [4.78, 5) is 0. The van der Waals surface area contributed by atoms with E-state index in [1.54, 1.807) is 0 Å². The van der Waals surface area contributed by atoms with E-state index in [4.69, 9.17) is 0 Å². The molecular weight excluding hydrogens is 870 g/mol. The van der Waals surface area contributed by atoms with Crippen LogP contribution in [0.5, 0.6) is 0 Å². The van der Waals surface area contributed by atoms with E-state index >= 15 is 35.1 Å². The summed E-state index contributed by atoms with van der Waals surface area (Å²) >= 11 is 0. The topological polar surface area (TPSA) is 0 Å². The molecule has 0 aliphatic heterocycles. The van der Waals surface area contributed by atoms with Gasteiger partial charge in [0.2, 0.25) is 0 Å². The molecule has 1 aliphatic carbocycles. The number of benzene rings is 6. The van der Waals surface area contributed by atoms with Gasteiger partial charge in [0.05, 0.1) is 0 Å². The first-order valence-corrected chi connectivity index (χ1v) is 16.7. The van der Waals surface area contributed by atoms with Gasteiger partial charge >= 0.3 is 0 Å². The highest BCUT2D eigenvalue weighted by molar-refractivity contribution is 6.96. The fraction of sp³-hybridized carbons (Fsp3) is 0.0769. The maximum atomic E-state index is 15.5. The lowest BCUT2D eigenvalue weighted by atomic mass is 9.36. The Labute approximate surface area is 328 Å². The van der Waals surface area contributed by atoms with Crippen molar-refractivity contribution < 1.29 is 87.8 Å². The molecule has 0 atom stereocenters. The minimum atomic E-state index is -3.12. The third-order valence-electron chi connectivity index (χ3n) is 10.5. The van der Waals surface area contributed by atoms with Gasteiger partial charge in [0, 0.05) is 27.3 Å². The Hall–Kier alpha value is -5.95. The van der Waals surface area contributed by atoms with Crippen molar-refractivity contribution in [3.8, 4) is 11.1 Å².